The molecule has 5 heteroatoms. The normalized spacial score (nSPS) is 21.4. The number of carboxylic acids is 1. The number of benzene rings is 1. The van der Waals surface area contributed by atoms with Crippen LogP contribution in [0.5, 0.6) is 5.75 Å². The van der Waals surface area contributed by atoms with E-state index in [1.165, 1.54) is 4.90 Å². The molecule has 1 amide bonds. The van der Waals surface area contributed by atoms with Gasteiger partial charge in [-0.25, -0.2) is 0 Å². The van der Waals surface area contributed by atoms with Crippen LogP contribution in [0.2, 0.25) is 0 Å². The fourth-order valence-electron chi connectivity index (χ4n) is 2.03. The molecule has 2 N–H and O–H groups in total. The number of phenols is 1. The van der Waals surface area contributed by atoms with Crippen molar-refractivity contribution >= 4 is 11.9 Å². The lowest BCUT2D eigenvalue weighted by Gasteiger charge is -2.17. The molecule has 96 valence electrons. The van der Waals surface area contributed by atoms with Crippen LogP contribution < -0.4 is 0 Å². The summed E-state index contributed by atoms with van der Waals surface area (Å²) in [6.45, 7) is 0.371. The van der Waals surface area contributed by atoms with Crippen LogP contribution in [0.3, 0.4) is 0 Å². The standard InChI is InChI=1S/C13H15NO4/c1-14(7-8-3-2-4-9(15)5-8)12(16)10-6-11(10)13(17)18/h2-5,10-11,15H,6-7H2,1H3,(H,17,18)/t10-,11+/m1/s1. The first-order chi connectivity index (χ1) is 8.49. The van der Waals surface area contributed by atoms with Crippen molar-refractivity contribution < 1.29 is 19.8 Å². The Bertz CT molecular complexity index is 486. The molecule has 2 atom stereocenters. The summed E-state index contributed by atoms with van der Waals surface area (Å²) in [5, 5.41) is 18.1. The molecule has 0 aliphatic heterocycles. The quantitative estimate of drug-likeness (QED) is 0.836. The molecule has 1 aliphatic rings. The van der Waals surface area contributed by atoms with E-state index in [9.17, 15) is 14.7 Å². The van der Waals surface area contributed by atoms with Crippen molar-refractivity contribution in [1.82, 2.24) is 4.90 Å². The van der Waals surface area contributed by atoms with Gasteiger partial charge in [-0.15, -0.1) is 0 Å². The van der Waals surface area contributed by atoms with Gasteiger partial charge in [0.25, 0.3) is 0 Å². The van der Waals surface area contributed by atoms with Gasteiger partial charge in [0, 0.05) is 13.6 Å². The summed E-state index contributed by atoms with van der Waals surface area (Å²) in [7, 11) is 1.64. The fourth-order valence-corrected chi connectivity index (χ4v) is 2.03. The van der Waals surface area contributed by atoms with Crippen molar-refractivity contribution in [3.63, 3.8) is 0 Å². The molecule has 0 spiro atoms. The van der Waals surface area contributed by atoms with Crippen LogP contribution in [0.4, 0.5) is 0 Å². The molecule has 1 aromatic rings. The highest BCUT2D eigenvalue weighted by atomic mass is 16.4. The van der Waals surface area contributed by atoms with Crippen LogP contribution in [0, 0.1) is 11.8 Å². The Morgan fingerprint density at radius 2 is 2.11 bits per heavy atom. The lowest BCUT2D eigenvalue weighted by atomic mass is 10.2. The van der Waals surface area contributed by atoms with Crippen molar-refractivity contribution in [3.05, 3.63) is 29.8 Å². The summed E-state index contributed by atoms with van der Waals surface area (Å²) in [5.41, 5.74) is 0.818. The number of aromatic hydroxyl groups is 1. The zero-order valence-electron chi connectivity index (χ0n) is 10.0. The molecule has 0 bridgehead atoms. The highest BCUT2D eigenvalue weighted by molar-refractivity contribution is 5.89. The zero-order valence-corrected chi connectivity index (χ0v) is 10.0. The minimum atomic E-state index is -0.904. The van der Waals surface area contributed by atoms with Gasteiger partial charge in [-0.2, -0.15) is 0 Å². The summed E-state index contributed by atoms with van der Waals surface area (Å²) in [5.74, 6) is -1.80. The number of nitrogens with zero attached hydrogens (tertiary/aromatic N) is 1. The number of carbonyl (C=O) groups excluding carboxylic acids is 1. The Labute approximate surface area is 105 Å². The highest BCUT2D eigenvalue weighted by Gasteiger charge is 2.49. The molecule has 5 nitrogen and oxygen atoms in total. The Kier molecular flexibility index (Phi) is 3.23. The van der Waals surface area contributed by atoms with Crippen LogP contribution in [-0.2, 0) is 16.1 Å². The minimum absolute atomic E-state index is 0.147. The largest absolute Gasteiger partial charge is 0.508 e. The maximum Gasteiger partial charge on any atom is 0.307 e. The number of carbonyl (C=O) groups is 2. The number of rotatable bonds is 4. The second-order valence-electron chi connectivity index (χ2n) is 4.65. The number of aliphatic carboxylic acids is 1. The van der Waals surface area contributed by atoms with E-state index in [-0.39, 0.29) is 17.6 Å². The van der Waals surface area contributed by atoms with Crippen molar-refractivity contribution in [2.24, 2.45) is 11.8 Å². The number of amides is 1. The van der Waals surface area contributed by atoms with E-state index in [2.05, 4.69) is 0 Å². The van der Waals surface area contributed by atoms with Crippen molar-refractivity contribution in [2.45, 2.75) is 13.0 Å². The van der Waals surface area contributed by atoms with Gasteiger partial charge in [-0.3, -0.25) is 9.59 Å². The SMILES string of the molecule is CN(Cc1cccc(O)c1)C(=O)[C@@H]1C[C@@H]1C(=O)O. The summed E-state index contributed by atoms with van der Waals surface area (Å²) in [6, 6.07) is 6.67. The summed E-state index contributed by atoms with van der Waals surface area (Å²) >= 11 is 0. The molecule has 2 rings (SSSR count). The van der Waals surface area contributed by atoms with E-state index in [1.54, 1.807) is 25.2 Å². The molecule has 18 heavy (non-hydrogen) atoms. The smallest absolute Gasteiger partial charge is 0.307 e. The third-order valence-electron chi connectivity index (χ3n) is 3.13. The molecule has 1 saturated carbocycles. The summed E-state index contributed by atoms with van der Waals surface area (Å²) in [4.78, 5) is 24.1. The molecular formula is C13H15NO4. The topological polar surface area (TPSA) is 77.8 Å². The number of carboxylic acid groups (broad SMARTS) is 1. The third kappa shape index (κ3) is 2.61. The lowest BCUT2D eigenvalue weighted by Crippen LogP contribution is -2.28. The maximum atomic E-state index is 11.9. The molecule has 1 aromatic carbocycles. The van der Waals surface area contributed by atoms with Gasteiger partial charge < -0.3 is 15.1 Å². The van der Waals surface area contributed by atoms with Crippen LogP contribution >= 0.6 is 0 Å². The highest BCUT2D eigenvalue weighted by Crippen LogP contribution is 2.40. The maximum absolute atomic E-state index is 11.9. The van der Waals surface area contributed by atoms with E-state index >= 15 is 0 Å². The second kappa shape index (κ2) is 4.68. The molecule has 1 fully saturated rings. The van der Waals surface area contributed by atoms with E-state index < -0.39 is 11.9 Å². The lowest BCUT2D eigenvalue weighted by molar-refractivity contribution is -0.141. The van der Waals surface area contributed by atoms with Crippen LogP contribution in [-0.4, -0.2) is 34.0 Å². The van der Waals surface area contributed by atoms with E-state index in [0.717, 1.165) is 5.56 Å². The first-order valence-corrected chi connectivity index (χ1v) is 5.74. The molecule has 0 aromatic heterocycles. The van der Waals surface area contributed by atoms with Crippen molar-refractivity contribution in [1.29, 1.82) is 0 Å². The van der Waals surface area contributed by atoms with Crippen molar-refractivity contribution in [2.75, 3.05) is 7.05 Å². The van der Waals surface area contributed by atoms with Crippen LogP contribution in [0.15, 0.2) is 24.3 Å². The zero-order chi connectivity index (χ0) is 13.3. The first-order valence-electron chi connectivity index (χ1n) is 5.74. The first kappa shape index (κ1) is 12.4. The van der Waals surface area contributed by atoms with Gasteiger partial charge in [-0.05, 0) is 24.1 Å². The Morgan fingerprint density at radius 3 is 2.67 bits per heavy atom. The van der Waals surface area contributed by atoms with Gasteiger partial charge in [0.05, 0.1) is 11.8 Å². The van der Waals surface area contributed by atoms with Gasteiger partial charge in [0.2, 0.25) is 5.91 Å². The minimum Gasteiger partial charge on any atom is -0.508 e. The Balaban J connectivity index is 1.94. The second-order valence-corrected chi connectivity index (χ2v) is 4.65. The average Bonchev–Trinajstić information content (AvgIpc) is 3.07. The Morgan fingerprint density at radius 1 is 1.39 bits per heavy atom. The van der Waals surface area contributed by atoms with E-state index in [0.29, 0.717) is 13.0 Å². The summed E-state index contributed by atoms with van der Waals surface area (Å²) < 4.78 is 0. The fraction of sp³-hybridized carbons (Fsp3) is 0.385. The van der Waals surface area contributed by atoms with Crippen LogP contribution in [0.1, 0.15) is 12.0 Å². The van der Waals surface area contributed by atoms with Gasteiger partial charge >= 0.3 is 5.97 Å². The predicted octanol–water partition coefficient (Wildman–Crippen LogP) is 1.07. The predicted molar refractivity (Wildman–Crippen MR) is 63.8 cm³/mol. The van der Waals surface area contributed by atoms with E-state index in [4.69, 9.17) is 5.11 Å². The van der Waals surface area contributed by atoms with Gasteiger partial charge in [0.1, 0.15) is 5.75 Å². The summed E-state index contributed by atoms with van der Waals surface area (Å²) in [6.07, 6.45) is 0.429. The number of hydrogen-bond donors (Lipinski definition) is 2. The monoisotopic (exact) mass is 249 g/mol. The third-order valence-corrected chi connectivity index (χ3v) is 3.13. The molecule has 0 saturated heterocycles. The molecule has 1 aliphatic carbocycles. The molecule has 0 radical (unpaired) electrons. The molecule has 0 heterocycles. The van der Waals surface area contributed by atoms with E-state index in [1.807, 2.05) is 6.07 Å². The average molecular weight is 249 g/mol. The van der Waals surface area contributed by atoms with Crippen molar-refractivity contribution in [3.8, 4) is 5.75 Å². The van der Waals surface area contributed by atoms with Gasteiger partial charge in [0.15, 0.2) is 0 Å². The Hall–Kier alpha value is -2.04. The van der Waals surface area contributed by atoms with Gasteiger partial charge in [-0.1, -0.05) is 12.1 Å². The molecular weight excluding hydrogens is 234 g/mol. The number of phenolic OH excluding ortho intramolecular Hbond substituents is 1. The number of hydrogen-bond acceptors (Lipinski definition) is 3. The van der Waals surface area contributed by atoms with Crippen LogP contribution in [0.25, 0.3) is 0 Å². The molecule has 0 unspecified atom stereocenters.